The maximum absolute atomic E-state index is 13.1. The van der Waals surface area contributed by atoms with E-state index in [9.17, 15) is 14.7 Å². The van der Waals surface area contributed by atoms with Crippen LogP contribution in [0, 0.1) is 10.8 Å². The predicted octanol–water partition coefficient (Wildman–Crippen LogP) is 8.12. The average molecular weight is 533 g/mol. The van der Waals surface area contributed by atoms with Crippen LogP contribution in [0.5, 0.6) is 0 Å². The molecule has 0 amide bonds. The van der Waals surface area contributed by atoms with E-state index in [2.05, 4.69) is 27.7 Å². The molecule has 0 bridgehead atoms. The molecule has 0 aromatic rings. The van der Waals surface area contributed by atoms with Crippen molar-refractivity contribution < 1.29 is 39.3 Å². The first-order valence-electron chi connectivity index (χ1n) is 14.1. The molecular weight excluding hydrogens is 476 g/mol. The Balaban J connectivity index is 5.30. The molecule has 1 N–H and O–H groups in total. The Hall–Kier alpha value is -1.22. The van der Waals surface area contributed by atoms with Gasteiger partial charge in [-0.15, -0.1) is 0 Å². The predicted molar refractivity (Wildman–Crippen MR) is 144 cm³/mol. The first-order chi connectivity index (χ1) is 16.9. The van der Waals surface area contributed by atoms with Gasteiger partial charge in [-0.2, -0.15) is 4.89 Å². The van der Waals surface area contributed by atoms with Gasteiger partial charge in [-0.05, 0) is 89.5 Å². The molecular formula is C29H56O8. The number of aliphatic carboxylic acids is 1. The summed E-state index contributed by atoms with van der Waals surface area (Å²) in [6.07, 6.45) is 6.77. The molecule has 37 heavy (non-hydrogen) atoms. The highest BCUT2D eigenvalue weighted by molar-refractivity contribution is 5.77. The fourth-order valence-corrected chi connectivity index (χ4v) is 4.57. The van der Waals surface area contributed by atoms with E-state index in [1.807, 2.05) is 41.5 Å². The molecule has 0 aromatic carbocycles. The van der Waals surface area contributed by atoms with Gasteiger partial charge in [-0.1, -0.05) is 67.7 Å². The number of carboxylic acids is 1. The molecule has 0 fully saturated rings. The normalized spacial score (nSPS) is 16.2. The molecule has 0 radical (unpaired) electrons. The topological polar surface area (TPSA) is 101 Å². The van der Waals surface area contributed by atoms with Crippen LogP contribution in [-0.4, -0.2) is 33.8 Å². The van der Waals surface area contributed by atoms with Crippen molar-refractivity contribution in [3.63, 3.8) is 0 Å². The summed E-state index contributed by atoms with van der Waals surface area (Å²) in [6.45, 7) is 21.6. The molecule has 0 aliphatic rings. The lowest BCUT2D eigenvalue weighted by molar-refractivity contribution is -0.519. The highest BCUT2D eigenvalue weighted by Crippen LogP contribution is 2.38. The van der Waals surface area contributed by atoms with E-state index in [1.165, 1.54) is 0 Å². The number of carbonyl (C=O) groups is 2. The molecule has 220 valence electrons. The molecule has 0 heterocycles. The lowest BCUT2D eigenvalue weighted by atomic mass is 9.75. The first kappa shape index (κ1) is 35.8. The van der Waals surface area contributed by atoms with Gasteiger partial charge in [-0.25, -0.2) is 19.4 Å². The van der Waals surface area contributed by atoms with Crippen molar-refractivity contribution in [3.8, 4) is 0 Å². The minimum absolute atomic E-state index is 0.00256. The molecule has 8 nitrogen and oxygen atoms in total. The number of unbranched alkanes of at least 4 members (excludes halogenated alkanes) is 2. The fourth-order valence-electron chi connectivity index (χ4n) is 4.57. The van der Waals surface area contributed by atoms with Gasteiger partial charge in [0.25, 0.3) is 0 Å². The van der Waals surface area contributed by atoms with Crippen molar-refractivity contribution in [2.75, 3.05) is 0 Å². The number of hydrogen-bond donors (Lipinski definition) is 1. The fraction of sp³-hybridized carbons (Fsp3) is 0.931. The van der Waals surface area contributed by atoms with E-state index in [1.54, 1.807) is 6.92 Å². The lowest BCUT2D eigenvalue weighted by Crippen LogP contribution is -2.44. The Morgan fingerprint density at radius 2 is 1.24 bits per heavy atom. The van der Waals surface area contributed by atoms with E-state index in [-0.39, 0.29) is 18.3 Å². The summed E-state index contributed by atoms with van der Waals surface area (Å²) < 4.78 is 0. The molecule has 8 heteroatoms. The zero-order valence-corrected chi connectivity index (χ0v) is 25.6. The third-order valence-electron chi connectivity index (χ3n) is 7.17. The van der Waals surface area contributed by atoms with Gasteiger partial charge in [0.15, 0.2) is 5.60 Å². The summed E-state index contributed by atoms with van der Waals surface area (Å²) >= 11 is 0. The van der Waals surface area contributed by atoms with E-state index in [4.69, 9.17) is 24.6 Å². The van der Waals surface area contributed by atoms with Crippen molar-refractivity contribution in [3.05, 3.63) is 0 Å². The summed E-state index contributed by atoms with van der Waals surface area (Å²) in [5.74, 6) is -1.49. The van der Waals surface area contributed by atoms with Crippen LogP contribution in [0.3, 0.4) is 0 Å². The van der Waals surface area contributed by atoms with E-state index in [0.29, 0.717) is 44.9 Å². The zero-order chi connectivity index (χ0) is 29.0. The third-order valence-corrected chi connectivity index (χ3v) is 7.17. The number of rotatable bonds is 20. The van der Waals surface area contributed by atoms with Crippen LogP contribution in [-0.2, 0) is 34.2 Å². The Kier molecular flexibility index (Phi) is 14.9. The van der Waals surface area contributed by atoms with Gasteiger partial charge in [-0.3, -0.25) is 4.89 Å². The molecule has 0 saturated carbocycles. The van der Waals surface area contributed by atoms with Gasteiger partial charge >= 0.3 is 11.9 Å². The average Bonchev–Trinajstić information content (AvgIpc) is 2.79. The van der Waals surface area contributed by atoms with Gasteiger partial charge in [0.1, 0.15) is 5.60 Å². The standard InChI is InChI=1S/C29H56O8/c1-12-16-19-28(14-3,24(32)33-37-35-26(8,9)13-2)20-17-18-21-29(15-4,23(30)31)36-34-27(10,11)22-25(5,6)7/h12-22H2,1-11H3,(H,30,31). The third kappa shape index (κ3) is 12.9. The highest BCUT2D eigenvalue weighted by atomic mass is 17.5. The number of carbonyl (C=O) groups excluding carboxylic acids is 1. The van der Waals surface area contributed by atoms with Crippen LogP contribution >= 0.6 is 0 Å². The molecule has 0 spiro atoms. The van der Waals surface area contributed by atoms with Gasteiger partial charge in [0.2, 0.25) is 0 Å². The molecule has 0 saturated heterocycles. The minimum atomic E-state index is -1.45. The van der Waals surface area contributed by atoms with Crippen LogP contribution in [0.2, 0.25) is 0 Å². The second-order valence-electron chi connectivity index (χ2n) is 12.9. The smallest absolute Gasteiger partial charge is 0.351 e. The van der Waals surface area contributed by atoms with Crippen LogP contribution in [0.25, 0.3) is 0 Å². The molecule has 0 aliphatic heterocycles. The Morgan fingerprint density at radius 3 is 1.70 bits per heavy atom. The van der Waals surface area contributed by atoms with E-state index >= 15 is 0 Å². The Bertz CT molecular complexity index is 682. The Labute approximate surface area is 225 Å². The molecule has 2 atom stereocenters. The monoisotopic (exact) mass is 532 g/mol. The van der Waals surface area contributed by atoms with Crippen molar-refractivity contribution in [2.45, 2.75) is 164 Å². The summed E-state index contributed by atoms with van der Waals surface area (Å²) in [5.41, 5.74) is -3.37. The first-order valence-corrected chi connectivity index (χ1v) is 14.1. The van der Waals surface area contributed by atoms with Crippen LogP contribution < -0.4 is 0 Å². The lowest BCUT2D eigenvalue weighted by Gasteiger charge is -2.35. The van der Waals surface area contributed by atoms with E-state index in [0.717, 1.165) is 12.8 Å². The van der Waals surface area contributed by atoms with Crippen molar-refractivity contribution in [1.29, 1.82) is 0 Å². The van der Waals surface area contributed by atoms with Crippen molar-refractivity contribution in [2.24, 2.45) is 10.8 Å². The summed E-state index contributed by atoms with van der Waals surface area (Å²) in [7, 11) is 0. The number of carboxylic acid groups (broad SMARTS) is 1. The molecule has 0 rings (SSSR count). The van der Waals surface area contributed by atoms with Gasteiger partial charge in [0, 0.05) is 0 Å². The van der Waals surface area contributed by atoms with Crippen LogP contribution in [0.4, 0.5) is 0 Å². The van der Waals surface area contributed by atoms with Crippen molar-refractivity contribution >= 4 is 11.9 Å². The van der Waals surface area contributed by atoms with Crippen LogP contribution in [0.15, 0.2) is 0 Å². The molecule has 2 unspecified atom stereocenters. The van der Waals surface area contributed by atoms with Crippen LogP contribution in [0.1, 0.15) is 147 Å². The second kappa shape index (κ2) is 15.4. The summed E-state index contributed by atoms with van der Waals surface area (Å²) in [6, 6.07) is 0. The molecule has 0 aromatic heterocycles. The van der Waals surface area contributed by atoms with E-state index < -0.39 is 34.2 Å². The number of hydrogen-bond acceptors (Lipinski definition) is 7. The van der Waals surface area contributed by atoms with Gasteiger partial charge < -0.3 is 5.11 Å². The zero-order valence-electron chi connectivity index (χ0n) is 25.6. The van der Waals surface area contributed by atoms with Crippen molar-refractivity contribution in [1.82, 2.24) is 0 Å². The maximum Gasteiger partial charge on any atom is 0.351 e. The summed E-state index contributed by atoms with van der Waals surface area (Å²) in [5, 5.41) is 14.9. The Morgan fingerprint density at radius 1 is 0.676 bits per heavy atom. The summed E-state index contributed by atoms with van der Waals surface area (Å²) in [4.78, 5) is 47.1. The SMILES string of the molecule is CCCCC(CC)(CCCCC(CC)(OOC(C)(C)CC(C)(C)C)C(=O)O)C(=O)OOOC(C)(C)CC. The quantitative estimate of drug-likeness (QED) is 0.0952. The second-order valence-corrected chi connectivity index (χ2v) is 12.9. The highest BCUT2D eigenvalue weighted by Gasteiger charge is 2.43. The minimum Gasteiger partial charge on any atom is -0.479 e. The maximum atomic E-state index is 13.1. The van der Waals surface area contributed by atoms with Gasteiger partial charge in [0.05, 0.1) is 11.0 Å². The molecule has 0 aliphatic carbocycles. The largest absolute Gasteiger partial charge is 0.479 e.